The lowest BCUT2D eigenvalue weighted by Crippen LogP contribution is -2.16. The number of esters is 2. The molecule has 0 saturated heterocycles. The highest BCUT2D eigenvalue weighted by molar-refractivity contribution is 9.10. The average molecular weight is 454 g/mol. The van der Waals surface area contributed by atoms with Gasteiger partial charge in [0.05, 0.1) is 25.3 Å². The van der Waals surface area contributed by atoms with Gasteiger partial charge in [0, 0.05) is 10.0 Å². The molecule has 0 aliphatic heterocycles. The lowest BCUT2D eigenvalue weighted by Gasteiger charge is -2.07. The zero-order chi connectivity index (χ0) is 20.0. The fraction of sp³-hybridized carbons (Fsp3) is 0.316. The summed E-state index contributed by atoms with van der Waals surface area (Å²) in [6, 6.07) is 6.99. The largest absolute Gasteiger partial charge is 0.462 e. The Balaban J connectivity index is 2.26. The minimum absolute atomic E-state index is 0.0176. The van der Waals surface area contributed by atoms with Gasteiger partial charge in [-0.25, -0.2) is 9.59 Å². The summed E-state index contributed by atoms with van der Waals surface area (Å²) >= 11 is 4.41. The first kappa shape index (κ1) is 21.1. The maximum atomic E-state index is 12.4. The minimum atomic E-state index is -0.541. The predicted molar refractivity (Wildman–Crippen MR) is 108 cm³/mol. The van der Waals surface area contributed by atoms with Crippen LogP contribution >= 0.6 is 27.3 Å². The number of ketones is 1. The molecule has 6 nitrogen and oxygen atoms in total. The van der Waals surface area contributed by atoms with Crippen molar-refractivity contribution in [3.05, 3.63) is 50.3 Å². The molecule has 27 heavy (non-hydrogen) atoms. The lowest BCUT2D eigenvalue weighted by atomic mass is 10.1. The van der Waals surface area contributed by atoms with Crippen molar-refractivity contribution in [2.24, 2.45) is 0 Å². The summed E-state index contributed by atoms with van der Waals surface area (Å²) < 4.78 is 11.0. The first-order chi connectivity index (χ1) is 12.9. The number of carbonyl (C=O) groups is 3. The monoisotopic (exact) mass is 453 g/mol. The second kappa shape index (κ2) is 9.66. The molecule has 0 atom stereocenters. The molecule has 2 rings (SSSR count). The highest BCUT2D eigenvalue weighted by Crippen LogP contribution is 2.34. The van der Waals surface area contributed by atoms with Crippen LogP contribution in [0, 0.1) is 6.92 Å². The van der Waals surface area contributed by atoms with Crippen LogP contribution in [0.25, 0.3) is 0 Å². The first-order valence-corrected chi connectivity index (χ1v) is 10.00. The Kier molecular flexibility index (Phi) is 7.55. The van der Waals surface area contributed by atoms with Crippen LogP contribution in [0.3, 0.4) is 0 Å². The molecule has 0 spiro atoms. The van der Waals surface area contributed by atoms with Crippen molar-refractivity contribution in [2.45, 2.75) is 20.8 Å². The van der Waals surface area contributed by atoms with Gasteiger partial charge < -0.3 is 14.8 Å². The van der Waals surface area contributed by atoms with Crippen LogP contribution in [0.1, 0.15) is 49.8 Å². The average Bonchev–Trinajstić information content (AvgIpc) is 2.97. The molecule has 0 unspecified atom stereocenters. The van der Waals surface area contributed by atoms with Crippen LogP contribution in [0.4, 0.5) is 5.00 Å². The van der Waals surface area contributed by atoms with E-state index in [9.17, 15) is 14.4 Å². The van der Waals surface area contributed by atoms with E-state index in [0.29, 0.717) is 21.0 Å². The van der Waals surface area contributed by atoms with Crippen LogP contribution < -0.4 is 5.32 Å². The molecule has 1 aromatic heterocycles. The Morgan fingerprint density at radius 2 is 1.63 bits per heavy atom. The van der Waals surface area contributed by atoms with Crippen LogP contribution in [-0.4, -0.2) is 37.5 Å². The van der Waals surface area contributed by atoms with Gasteiger partial charge in [0.2, 0.25) is 0 Å². The van der Waals surface area contributed by atoms with Crippen LogP contribution in [0.15, 0.2) is 28.7 Å². The van der Waals surface area contributed by atoms with E-state index in [1.807, 2.05) is 0 Å². The van der Waals surface area contributed by atoms with Gasteiger partial charge in [0.1, 0.15) is 9.88 Å². The topological polar surface area (TPSA) is 81.7 Å². The van der Waals surface area contributed by atoms with Crippen LogP contribution in [-0.2, 0) is 9.47 Å². The molecule has 0 radical (unpaired) electrons. The van der Waals surface area contributed by atoms with Crippen molar-refractivity contribution in [3.63, 3.8) is 0 Å². The zero-order valence-electron chi connectivity index (χ0n) is 15.3. The molecule has 1 N–H and O–H groups in total. The maximum absolute atomic E-state index is 12.4. The maximum Gasteiger partial charge on any atom is 0.348 e. The zero-order valence-corrected chi connectivity index (χ0v) is 17.7. The number of nitrogens with one attached hydrogen (secondary N) is 1. The lowest BCUT2D eigenvalue weighted by molar-refractivity contribution is 0.0527. The number of hydrogen-bond donors (Lipinski definition) is 1. The molecule has 0 bridgehead atoms. The summed E-state index contributed by atoms with van der Waals surface area (Å²) in [5, 5.41) is 3.39. The number of anilines is 1. The molecule has 0 amide bonds. The van der Waals surface area contributed by atoms with E-state index in [0.717, 1.165) is 15.8 Å². The third-order valence-electron chi connectivity index (χ3n) is 3.66. The molecular formula is C19H20BrNO5S. The Morgan fingerprint density at radius 3 is 2.22 bits per heavy atom. The number of benzene rings is 1. The number of thiophene rings is 1. The Labute approximate surface area is 170 Å². The number of ether oxygens (including phenoxy) is 2. The number of Topliss-reactive ketones (excluding diaryl/α,β-unsaturated/α-hetero) is 1. The highest BCUT2D eigenvalue weighted by Gasteiger charge is 2.26. The molecule has 0 aliphatic rings. The summed E-state index contributed by atoms with van der Waals surface area (Å²) in [5.74, 6) is -1.18. The third-order valence-corrected chi connectivity index (χ3v) is 5.42. The van der Waals surface area contributed by atoms with Crippen molar-refractivity contribution in [3.8, 4) is 0 Å². The molecule has 144 valence electrons. The van der Waals surface area contributed by atoms with Crippen molar-refractivity contribution in [1.82, 2.24) is 0 Å². The second-order valence-corrected chi connectivity index (χ2v) is 7.42. The Morgan fingerprint density at radius 1 is 1.04 bits per heavy atom. The van der Waals surface area contributed by atoms with Gasteiger partial charge >= 0.3 is 11.9 Å². The highest BCUT2D eigenvalue weighted by atomic mass is 79.9. The van der Waals surface area contributed by atoms with E-state index in [1.165, 1.54) is 0 Å². The van der Waals surface area contributed by atoms with Gasteiger partial charge in [-0.3, -0.25) is 4.79 Å². The first-order valence-electron chi connectivity index (χ1n) is 8.39. The summed E-state index contributed by atoms with van der Waals surface area (Å²) in [6.07, 6.45) is 0. The molecule has 8 heteroatoms. The fourth-order valence-electron chi connectivity index (χ4n) is 2.38. The van der Waals surface area contributed by atoms with Gasteiger partial charge in [0.25, 0.3) is 0 Å². The Bertz CT molecular complexity index is 845. The summed E-state index contributed by atoms with van der Waals surface area (Å²) in [5.41, 5.74) is 1.28. The van der Waals surface area contributed by atoms with E-state index in [1.54, 1.807) is 45.0 Å². The molecule has 1 heterocycles. The van der Waals surface area contributed by atoms with Crippen LogP contribution in [0.2, 0.25) is 0 Å². The van der Waals surface area contributed by atoms with E-state index in [4.69, 9.17) is 9.47 Å². The van der Waals surface area contributed by atoms with Crippen molar-refractivity contribution >= 4 is 50.0 Å². The normalized spacial score (nSPS) is 10.4. The third kappa shape index (κ3) is 5.17. The molecular weight excluding hydrogens is 434 g/mol. The standard InChI is InChI=1S/C19H20BrNO5S/c1-4-25-18(23)15-11(3)16(19(24)26-5-2)27-17(15)21-10-14(22)12-6-8-13(20)9-7-12/h6-9,21H,4-5,10H2,1-3H3. The van der Waals surface area contributed by atoms with Gasteiger partial charge in [-0.05, 0) is 38.5 Å². The molecule has 0 fully saturated rings. The van der Waals surface area contributed by atoms with Crippen LogP contribution in [0.5, 0.6) is 0 Å². The molecule has 0 aliphatic carbocycles. The van der Waals surface area contributed by atoms with Crippen molar-refractivity contribution in [1.29, 1.82) is 0 Å². The number of halogens is 1. The molecule has 2 aromatic rings. The van der Waals surface area contributed by atoms with Crippen molar-refractivity contribution in [2.75, 3.05) is 25.1 Å². The summed E-state index contributed by atoms with van der Waals surface area (Å²) in [4.78, 5) is 37.2. The van der Waals surface area contributed by atoms with Gasteiger partial charge in [-0.2, -0.15) is 0 Å². The van der Waals surface area contributed by atoms with E-state index >= 15 is 0 Å². The van der Waals surface area contributed by atoms with E-state index in [-0.39, 0.29) is 31.1 Å². The second-order valence-electron chi connectivity index (χ2n) is 5.48. The van der Waals surface area contributed by atoms with E-state index in [2.05, 4.69) is 21.2 Å². The van der Waals surface area contributed by atoms with Crippen molar-refractivity contribution < 1.29 is 23.9 Å². The smallest absolute Gasteiger partial charge is 0.348 e. The number of rotatable bonds is 8. The number of carbonyl (C=O) groups excluding carboxylic acids is 3. The summed E-state index contributed by atoms with van der Waals surface area (Å²) in [7, 11) is 0. The molecule has 1 aromatic carbocycles. The van der Waals surface area contributed by atoms with E-state index < -0.39 is 11.9 Å². The number of hydrogen-bond acceptors (Lipinski definition) is 7. The van der Waals surface area contributed by atoms with Gasteiger partial charge in [-0.15, -0.1) is 11.3 Å². The predicted octanol–water partition coefficient (Wildman–Crippen LogP) is 4.47. The Hall–Kier alpha value is -2.19. The van der Waals surface area contributed by atoms with Gasteiger partial charge in [0.15, 0.2) is 5.78 Å². The minimum Gasteiger partial charge on any atom is -0.462 e. The SMILES string of the molecule is CCOC(=O)c1sc(NCC(=O)c2ccc(Br)cc2)c(C(=O)OCC)c1C. The van der Waals surface area contributed by atoms with Gasteiger partial charge in [-0.1, -0.05) is 28.1 Å². The fourth-order valence-corrected chi connectivity index (χ4v) is 3.73. The summed E-state index contributed by atoms with van der Waals surface area (Å²) in [6.45, 7) is 5.50. The molecule has 0 saturated carbocycles. The quantitative estimate of drug-likeness (QED) is 0.468.